The molecular formula is C18H30N4O8S2. The van der Waals surface area contributed by atoms with Gasteiger partial charge in [0.2, 0.25) is 20.0 Å². The number of methoxy groups -OCH3 is 2. The Kier molecular flexibility index (Phi) is 9.39. The molecule has 1 aromatic rings. The van der Waals surface area contributed by atoms with E-state index in [2.05, 4.69) is 5.32 Å². The molecule has 0 bridgehead atoms. The van der Waals surface area contributed by atoms with Crippen LogP contribution in [0, 0.1) is 0 Å². The summed E-state index contributed by atoms with van der Waals surface area (Å²) >= 11 is 0. The van der Waals surface area contributed by atoms with E-state index in [-0.39, 0.29) is 25.8 Å². The number of hydrogen-bond donors (Lipinski definition) is 3. The lowest BCUT2D eigenvalue weighted by Gasteiger charge is -2.15. The Labute approximate surface area is 188 Å². The monoisotopic (exact) mass is 494 g/mol. The van der Waals surface area contributed by atoms with Crippen molar-refractivity contribution in [3.8, 4) is 0 Å². The van der Waals surface area contributed by atoms with E-state index in [1.54, 1.807) is 0 Å². The highest BCUT2D eigenvalue weighted by atomic mass is 32.2. The summed E-state index contributed by atoms with van der Waals surface area (Å²) in [5, 5.41) is 11.5. The van der Waals surface area contributed by atoms with Crippen molar-refractivity contribution in [1.82, 2.24) is 10.2 Å². The molecule has 3 rings (SSSR count). The van der Waals surface area contributed by atoms with E-state index in [0.717, 1.165) is 5.56 Å². The van der Waals surface area contributed by atoms with Crippen LogP contribution in [0.1, 0.15) is 5.56 Å². The number of rotatable bonds is 6. The van der Waals surface area contributed by atoms with E-state index in [0.29, 0.717) is 13.1 Å². The quantitative estimate of drug-likeness (QED) is 0.427. The van der Waals surface area contributed by atoms with Gasteiger partial charge in [-0.2, -0.15) is 0 Å². The number of primary sulfonamides is 2. The molecule has 14 heteroatoms. The second-order valence-corrected chi connectivity index (χ2v) is 11.0. The molecule has 2 aliphatic rings. The van der Waals surface area contributed by atoms with E-state index >= 15 is 0 Å². The van der Waals surface area contributed by atoms with Gasteiger partial charge in [-0.05, 0) is 5.56 Å². The zero-order valence-corrected chi connectivity index (χ0v) is 19.5. The van der Waals surface area contributed by atoms with Crippen LogP contribution >= 0.6 is 0 Å². The van der Waals surface area contributed by atoms with Gasteiger partial charge in [0.1, 0.15) is 17.1 Å². The molecule has 12 nitrogen and oxygen atoms in total. The van der Waals surface area contributed by atoms with Crippen molar-refractivity contribution in [3.63, 3.8) is 0 Å². The van der Waals surface area contributed by atoms with Crippen LogP contribution in [0.2, 0.25) is 0 Å². The Balaban J connectivity index is 0.000000278. The third-order valence-corrected chi connectivity index (χ3v) is 7.84. The minimum atomic E-state index is -3.77. The Morgan fingerprint density at radius 2 is 1.56 bits per heavy atom. The van der Waals surface area contributed by atoms with E-state index in [9.17, 15) is 21.6 Å². The van der Waals surface area contributed by atoms with Crippen LogP contribution in [0.3, 0.4) is 0 Å². The first-order valence-electron chi connectivity index (χ1n) is 9.72. The minimum absolute atomic E-state index is 0.0229. The van der Waals surface area contributed by atoms with Gasteiger partial charge in [-0.15, -0.1) is 0 Å². The molecule has 1 aromatic carbocycles. The van der Waals surface area contributed by atoms with E-state index < -0.39 is 42.7 Å². The number of carbonyl (C=O) groups excluding carboxylic acids is 1. The standard InChI is InChI=1S/C13H18N2O5S.C5H12N2O3S/c1-19-11-7-15(8-12(11)21(14,17)18)13(16)20-9-10-5-3-2-4-6-10;1-10-4-2-7-3-5(4)11(6,8)9/h2-6,11-12H,7-9H2,1H3,(H2,14,17,18);4-5,7H,2-3H2,1H3,(H2,6,8,9). The fraction of sp³-hybridized carbons (Fsp3) is 0.611. The number of amides is 1. The number of ether oxygens (including phenoxy) is 3. The number of nitrogens with zero attached hydrogens (tertiary/aromatic N) is 1. The molecule has 4 unspecified atom stereocenters. The Bertz CT molecular complexity index is 958. The predicted molar refractivity (Wildman–Crippen MR) is 116 cm³/mol. The lowest BCUT2D eigenvalue weighted by atomic mass is 10.2. The van der Waals surface area contributed by atoms with Gasteiger partial charge in [-0.1, -0.05) is 30.3 Å². The SMILES string of the molecule is COC1CN(C(=O)OCc2ccccc2)CC1S(N)(=O)=O.COC1CNCC1S(N)(=O)=O. The maximum Gasteiger partial charge on any atom is 0.410 e. The van der Waals surface area contributed by atoms with Gasteiger partial charge in [-0.3, -0.25) is 0 Å². The minimum Gasteiger partial charge on any atom is -0.445 e. The zero-order valence-electron chi connectivity index (χ0n) is 17.9. The van der Waals surface area contributed by atoms with Crippen molar-refractivity contribution in [3.05, 3.63) is 35.9 Å². The van der Waals surface area contributed by atoms with Crippen LogP contribution in [0.5, 0.6) is 0 Å². The predicted octanol–water partition coefficient (Wildman–Crippen LogP) is -1.43. The highest BCUT2D eigenvalue weighted by Gasteiger charge is 2.42. The Morgan fingerprint density at radius 1 is 0.969 bits per heavy atom. The van der Waals surface area contributed by atoms with E-state index in [1.165, 1.54) is 19.1 Å². The largest absolute Gasteiger partial charge is 0.445 e. The molecule has 0 aromatic heterocycles. The molecule has 182 valence electrons. The van der Waals surface area contributed by atoms with Crippen molar-refractivity contribution in [2.45, 2.75) is 29.3 Å². The molecule has 0 radical (unpaired) electrons. The number of hydrogen-bond acceptors (Lipinski definition) is 9. The number of nitrogens with two attached hydrogens (primary N) is 2. The number of sulfonamides is 2. The van der Waals surface area contributed by atoms with Gasteiger partial charge in [0, 0.05) is 33.9 Å². The summed E-state index contributed by atoms with van der Waals surface area (Å²) in [6, 6.07) is 9.23. The lowest BCUT2D eigenvalue weighted by Crippen LogP contribution is -2.38. The van der Waals surface area contributed by atoms with Gasteiger partial charge in [-0.25, -0.2) is 31.9 Å². The molecule has 1 amide bonds. The van der Waals surface area contributed by atoms with Crippen LogP contribution < -0.4 is 15.6 Å². The molecule has 2 fully saturated rings. The average Bonchev–Trinajstić information content (AvgIpc) is 3.39. The molecule has 2 aliphatic heterocycles. The summed E-state index contributed by atoms with van der Waals surface area (Å²) in [4.78, 5) is 13.3. The molecule has 0 saturated carbocycles. The number of nitrogens with one attached hydrogen (secondary N) is 1. The van der Waals surface area contributed by atoms with Crippen LogP contribution in [0.4, 0.5) is 4.79 Å². The van der Waals surface area contributed by atoms with Crippen molar-refractivity contribution >= 4 is 26.1 Å². The number of benzene rings is 1. The number of carbonyl (C=O) groups is 1. The first kappa shape index (κ1) is 26.4. The third-order valence-electron chi connectivity index (χ3n) is 5.23. The second-order valence-electron chi connectivity index (χ2n) is 7.41. The van der Waals surface area contributed by atoms with Crippen LogP contribution in [-0.2, 0) is 40.9 Å². The van der Waals surface area contributed by atoms with Gasteiger partial charge < -0.3 is 24.4 Å². The van der Waals surface area contributed by atoms with Gasteiger partial charge in [0.25, 0.3) is 0 Å². The summed E-state index contributed by atoms with van der Waals surface area (Å²) in [7, 11) is -4.35. The molecule has 4 atom stereocenters. The molecule has 2 saturated heterocycles. The van der Waals surface area contributed by atoms with Crippen molar-refractivity contribution in [1.29, 1.82) is 0 Å². The molecule has 0 spiro atoms. The van der Waals surface area contributed by atoms with Crippen LogP contribution in [0.15, 0.2) is 30.3 Å². The summed E-state index contributed by atoms with van der Waals surface area (Å²) in [6.45, 7) is 1.19. The van der Waals surface area contributed by atoms with E-state index in [4.69, 9.17) is 24.5 Å². The Morgan fingerprint density at radius 3 is 2.03 bits per heavy atom. The highest BCUT2D eigenvalue weighted by Crippen LogP contribution is 2.19. The van der Waals surface area contributed by atoms with Gasteiger partial charge >= 0.3 is 6.09 Å². The van der Waals surface area contributed by atoms with E-state index in [1.807, 2.05) is 30.3 Å². The van der Waals surface area contributed by atoms with Gasteiger partial charge in [0.05, 0.1) is 18.8 Å². The molecule has 0 aliphatic carbocycles. The molecule has 2 heterocycles. The lowest BCUT2D eigenvalue weighted by molar-refractivity contribution is 0.0851. The first-order valence-corrected chi connectivity index (χ1v) is 12.9. The normalized spacial score (nSPS) is 25.8. The molecule has 5 N–H and O–H groups in total. The van der Waals surface area contributed by atoms with Crippen LogP contribution in [-0.4, -0.2) is 90.9 Å². The zero-order chi connectivity index (χ0) is 23.9. The second kappa shape index (κ2) is 11.4. The summed E-state index contributed by atoms with van der Waals surface area (Å²) in [6.07, 6.45) is -1.51. The number of likely N-dealkylation sites (tertiary alicyclic amines) is 1. The summed E-state index contributed by atoms with van der Waals surface area (Å²) < 4.78 is 59.8. The fourth-order valence-electron chi connectivity index (χ4n) is 3.44. The molecule has 32 heavy (non-hydrogen) atoms. The van der Waals surface area contributed by atoms with Crippen molar-refractivity contribution < 1.29 is 35.8 Å². The van der Waals surface area contributed by atoms with Crippen molar-refractivity contribution in [2.75, 3.05) is 40.4 Å². The van der Waals surface area contributed by atoms with Crippen LogP contribution in [0.25, 0.3) is 0 Å². The van der Waals surface area contributed by atoms with Gasteiger partial charge in [0.15, 0.2) is 0 Å². The highest BCUT2D eigenvalue weighted by molar-refractivity contribution is 7.90. The average molecular weight is 495 g/mol. The first-order chi connectivity index (χ1) is 15.0. The topological polar surface area (TPSA) is 180 Å². The smallest absolute Gasteiger partial charge is 0.410 e. The maximum absolute atomic E-state index is 12.0. The Hall–Kier alpha value is -1.81. The third kappa shape index (κ3) is 7.37. The fourth-order valence-corrected chi connectivity index (χ4v) is 5.43. The van der Waals surface area contributed by atoms with Crippen molar-refractivity contribution in [2.24, 2.45) is 10.3 Å². The summed E-state index contributed by atoms with van der Waals surface area (Å²) in [5.41, 5.74) is 0.858. The summed E-state index contributed by atoms with van der Waals surface area (Å²) in [5.74, 6) is 0. The maximum atomic E-state index is 12.0. The molecular weight excluding hydrogens is 464 g/mol.